The fourth-order valence-corrected chi connectivity index (χ4v) is 2.95. The molecule has 0 fully saturated rings. The third kappa shape index (κ3) is 4.59. The van der Waals surface area contributed by atoms with Gasteiger partial charge < -0.3 is 14.6 Å². The largest absolute Gasteiger partial charge is 0.390 e. The Morgan fingerprint density at radius 2 is 2.10 bits per heavy atom. The minimum Gasteiger partial charge on any atom is -0.390 e. The van der Waals surface area contributed by atoms with E-state index in [9.17, 15) is 13.5 Å². The van der Waals surface area contributed by atoms with Crippen LogP contribution >= 0.6 is 0 Å². The summed E-state index contributed by atoms with van der Waals surface area (Å²) in [6.45, 7) is 6.49. The first-order valence-corrected chi connectivity index (χ1v) is 8.41. The van der Waals surface area contributed by atoms with E-state index >= 15 is 0 Å². The van der Waals surface area contributed by atoms with Gasteiger partial charge in [0.2, 0.25) is 10.0 Å². The van der Waals surface area contributed by atoms with Crippen LogP contribution in [0.5, 0.6) is 0 Å². The van der Waals surface area contributed by atoms with Crippen molar-refractivity contribution in [2.75, 3.05) is 26.7 Å². The van der Waals surface area contributed by atoms with E-state index in [1.807, 2.05) is 25.8 Å². The van der Waals surface area contributed by atoms with E-state index in [1.165, 1.54) is 6.07 Å². The van der Waals surface area contributed by atoms with Gasteiger partial charge in [0.15, 0.2) is 0 Å². The molecule has 1 heterocycles. The molecule has 20 heavy (non-hydrogen) atoms. The minimum atomic E-state index is -3.50. The van der Waals surface area contributed by atoms with Gasteiger partial charge in [-0.15, -0.1) is 0 Å². The highest BCUT2D eigenvalue weighted by atomic mass is 32.2. The maximum absolute atomic E-state index is 12.2. The molecular formula is C13H25N3O3S. The Balaban J connectivity index is 2.76. The molecule has 116 valence electrons. The number of nitrogens with one attached hydrogen (secondary N) is 1. The Bertz CT molecular complexity index is 511. The molecule has 6 nitrogen and oxygen atoms in total. The van der Waals surface area contributed by atoms with Crippen molar-refractivity contribution in [2.45, 2.75) is 38.3 Å². The predicted octanol–water partition coefficient (Wildman–Crippen LogP) is 0.620. The van der Waals surface area contributed by atoms with Gasteiger partial charge in [-0.3, -0.25) is 0 Å². The predicted molar refractivity (Wildman–Crippen MR) is 79.0 cm³/mol. The van der Waals surface area contributed by atoms with Crippen LogP contribution in [0.2, 0.25) is 0 Å². The molecule has 0 aliphatic carbocycles. The molecule has 0 atom stereocenters. The topological polar surface area (TPSA) is 74.6 Å². The number of hydrogen-bond acceptors (Lipinski definition) is 4. The Morgan fingerprint density at radius 1 is 1.40 bits per heavy atom. The van der Waals surface area contributed by atoms with Gasteiger partial charge in [0, 0.05) is 31.5 Å². The lowest BCUT2D eigenvalue weighted by molar-refractivity contribution is 0.270. The van der Waals surface area contributed by atoms with Crippen molar-refractivity contribution in [3.05, 3.63) is 18.0 Å². The standard InChI is InChI=1S/C13H25N3O3S/c1-4-7-16-10-13(9-12(16)11-17)20(18,19)14-6-8-15(3)5-2/h9-10,14,17H,4-8,11H2,1-3H3. The van der Waals surface area contributed by atoms with Crippen molar-refractivity contribution in [2.24, 2.45) is 0 Å². The van der Waals surface area contributed by atoms with Gasteiger partial charge in [-0.1, -0.05) is 13.8 Å². The molecule has 1 aromatic heterocycles. The van der Waals surface area contributed by atoms with E-state index in [1.54, 1.807) is 10.8 Å². The van der Waals surface area contributed by atoms with Crippen LogP contribution in [-0.2, 0) is 23.2 Å². The molecule has 1 aromatic rings. The number of aryl methyl sites for hydroxylation is 1. The van der Waals surface area contributed by atoms with Crippen LogP contribution in [0.4, 0.5) is 0 Å². The Hall–Kier alpha value is -0.890. The van der Waals surface area contributed by atoms with Crippen molar-refractivity contribution < 1.29 is 13.5 Å². The Labute approximate surface area is 121 Å². The van der Waals surface area contributed by atoms with Crippen LogP contribution in [0.3, 0.4) is 0 Å². The summed E-state index contributed by atoms with van der Waals surface area (Å²) in [6, 6.07) is 1.53. The SMILES string of the molecule is CCCn1cc(S(=O)(=O)NCCN(C)CC)cc1CO. The van der Waals surface area contributed by atoms with E-state index in [2.05, 4.69) is 4.72 Å². The first-order valence-electron chi connectivity index (χ1n) is 6.92. The van der Waals surface area contributed by atoms with E-state index in [0.717, 1.165) is 13.0 Å². The minimum absolute atomic E-state index is 0.159. The zero-order chi connectivity index (χ0) is 15.2. The number of rotatable bonds is 9. The van der Waals surface area contributed by atoms with Crippen molar-refractivity contribution in [1.29, 1.82) is 0 Å². The van der Waals surface area contributed by atoms with Crippen molar-refractivity contribution in [3.63, 3.8) is 0 Å². The second kappa shape index (κ2) is 7.78. The highest BCUT2D eigenvalue weighted by molar-refractivity contribution is 7.89. The summed E-state index contributed by atoms with van der Waals surface area (Å²) in [5, 5.41) is 9.26. The fraction of sp³-hybridized carbons (Fsp3) is 0.692. The average Bonchev–Trinajstić information content (AvgIpc) is 2.82. The zero-order valence-electron chi connectivity index (χ0n) is 12.5. The summed E-state index contributed by atoms with van der Waals surface area (Å²) in [4.78, 5) is 2.25. The second-order valence-electron chi connectivity index (χ2n) is 4.81. The van der Waals surface area contributed by atoms with Crippen LogP contribution in [0.15, 0.2) is 17.2 Å². The fourth-order valence-electron chi connectivity index (χ4n) is 1.87. The van der Waals surface area contributed by atoms with E-state index in [4.69, 9.17) is 0 Å². The van der Waals surface area contributed by atoms with E-state index < -0.39 is 10.0 Å². The average molecular weight is 303 g/mol. The Morgan fingerprint density at radius 3 is 2.65 bits per heavy atom. The number of aliphatic hydroxyl groups is 1. The molecule has 1 rings (SSSR count). The molecule has 0 aliphatic heterocycles. The van der Waals surface area contributed by atoms with Gasteiger partial charge >= 0.3 is 0 Å². The first kappa shape index (κ1) is 17.2. The molecule has 0 radical (unpaired) electrons. The van der Waals surface area contributed by atoms with Gasteiger partial charge in [-0.05, 0) is 26.1 Å². The summed E-state index contributed by atoms with van der Waals surface area (Å²) in [5.74, 6) is 0. The highest BCUT2D eigenvalue weighted by Crippen LogP contribution is 2.15. The number of aliphatic hydroxyl groups excluding tert-OH is 1. The molecule has 0 amide bonds. The second-order valence-corrected chi connectivity index (χ2v) is 6.58. The molecule has 0 bridgehead atoms. The van der Waals surface area contributed by atoms with Gasteiger partial charge in [-0.2, -0.15) is 0 Å². The zero-order valence-corrected chi connectivity index (χ0v) is 13.3. The number of hydrogen-bond donors (Lipinski definition) is 2. The summed E-state index contributed by atoms with van der Waals surface area (Å²) in [6.07, 6.45) is 2.47. The molecule has 0 unspecified atom stereocenters. The van der Waals surface area contributed by atoms with Crippen LogP contribution in [0, 0.1) is 0 Å². The summed E-state index contributed by atoms with van der Waals surface area (Å²) >= 11 is 0. The normalized spacial score (nSPS) is 12.2. The third-order valence-electron chi connectivity index (χ3n) is 3.22. The molecule has 0 saturated carbocycles. The lowest BCUT2D eigenvalue weighted by atomic mass is 10.4. The summed E-state index contributed by atoms with van der Waals surface area (Å²) in [5.41, 5.74) is 0.623. The summed E-state index contributed by atoms with van der Waals surface area (Å²) in [7, 11) is -1.56. The van der Waals surface area contributed by atoms with Crippen LogP contribution in [0.25, 0.3) is 0 Å². The maximum Gasteiger partial charge on any atom is 0.242 e. The van der Waals surface area contributed by atoms with Gasteiger partial charge in [0.1, 0.15) is 0 Å². The summed E-state index contributed by atoms with van der Waals surface area (Å²) < 4.78 is 28.7. The molecule has 0 aromatic carbocycles. The van der Waals surface area contributed by atoms with Crippen LogP contribution < -0.4 is 4.72 Å². The monoisotopic (exact) mass is 303 g/mol. The van der Waals surface area contributed by atoms with E-state index in [-0.39, 0.29) is 11.5 Å². The number of sulfonamides is 1. The van der Waals surface area contributed by atoms with Crippen LogP contribution in [-0.4, -0.2) is 49.7 Å². The van der Waals surface area contributed by atoms with Gasteiger partial charge in [0.25, 0.3) is 0 Å². The van der Waals surface area contributed by atoms with Crippen molar-refractivity contribution >= 4 is 10.0 Å². The lowest BCUT2D eigenvalue weighted by Crippen LogP contribution is -2.32. The van der Waals surface area contributed by atoms with Crippen LogP contribution in [0.1, 0.15) is 26.0 Å². The Kier molecular flexibility index (Phi) is 6.67. The molecule has 7 heteroatoms. The van der Waals surface area contributed by atoms with Gasteiger partial charge in [-0.25, -0.2) is 13.1 Å². The molecule has 2 N–H and O–H groups in total. The molecular weight excluding hydrogens is 278 g/mol. The van der Waals surface area contributed by atoms with Crippen molar-refractivity contribution in [3.8, 4) is 0 Å². The maximum atomic E-state index is 12.2. The number of likely N-dealkylation sites (N-methyl/N-ethyl adjacent to an activating group) is 1. The van der Waals surface area contributed by atoms with Gasteiger partial charge in [0.05, 0.1) is 11.5 Å². The number of nitrogens with zero attached hydrogens (tertiary/aromatic N) is 2. The lowest BCUT2D eigenvalue weighted by Gasteiger charge is -2.13. The highest BCUT2D eigenvalue weighted by Gasteiger charge is 2.17. The van der Waals surface area contributed by atoms with E-state index in [0.29, 0.717) is 25.3 Å². The number of aromatic nitrogens is 1. The van der Waals surface area contributed by atoms with Crippen molar-refractivity contribution in [1.82, 2.24) is 14.2 Å². The molecule has 0 spiro atoms. The smallest absolute Gasteiger partial charge is 0.242 e. The molecule has 0 aliphatic rings. The molecule has 0 saturated heterocycles. The quantitative estimate of drug-likeness (QED) is 0.701. The first-order chi connectivity index (χ1) is 9.44. The third-order valence-corrected chi connectivity index (χ3v) is 4.65.